The Morgan fingerprint density at radius 3 is 2.40 bits per heavy atom. The number of halogens is 1. The predicted molar refractivity (Wildman–Crippen MR) is 122 cm³/mol. The molecular weight excluding hydrogens is 396 g/mol. The third-order valence-electron chi connectivity index (χ3n) is 6.08. The third kappa shape index (κ3) is 4.54. The average molecular weight is 425 g/mol. The molecule has 30 heavy (non-hydrogen) atoms. The Morgan fingerprint density at radius 1 is 1.10 bits per heavy atom. The van der Waals surface area contributed by atoms with Crippen LogP contribution < -0.4 is 5.56 Å². The smallest absolute Gasteiger partial charge is 0.267 e. The van der Waals surface area contributed by atoms with Crippen molar-refractivity contribution in [3.8, 4) is 0 Å². The van der Waals surface area contributed by atoms with Crippen LogP contribution in [0.25, 0.3) is 5.57 Å². The number of carbonyl (C=O) groups is 1. The number of amides is 1. The lowest BCUT2D eigenvalue weighted by molar-refractivity contribution is -0.131. The number of rotatable bonds is 4. The van der Waals surface area contributed by atoms with E-state index in [0.717, 1.165) is 49.2 Å². The number of aromatic nitrogens is 1. The van der Waals surface area contributed by atoms with Crippen LogP contribution in [0.15, 0.2) is 47.3 Å². The van der Waals surface area contributed by atoms with Crippen molar-refractivity contribution in [3.63, 3.8) is 0 Å². The van der Waals surface area contributed by atoms with Crippen molar-refractivity contribution in [2.45, 2.75) is 45.4 Å². The number of nitrogens with zero attached hydrogens (tertiary/aromatic N) is 1. The third-order valence-corrected chi connectivity index (χ3v) is 6.38. The summed E-state index contributed by atoms with van der Waals surface area (Å²) in [6.07, 6.45) is 5.23. The Balaban J connectivity index is 1.67. The molecule has 1 atom stereocenters. The number of aromatic amines is 1. The molecule has 2 aromatic rings. The average Bonchev–Trinajstić information content (AvgIpc) is 3.45. The molecular formula is C25H29ClN2O2. The Kier molecular flexibility index (Phi) is 5.63. The summed E-state index contributed by atoms with van der Waals surface area (Å²) in [7, 11) is 0. The molecule has 1 aromatic carbocycles. The summed E-state index contributed by atoms with van der Waals surface area (Å²) in [5, 5.41) is 0.184. The van der Waals surface area contributed by atoms with Gasteiger partial charge in [0.05, 0.1) is 0 Å². The summed E-state index contributed by atoms with van der Waals surface area (Å²) in [6, 6.07) is 12.0. The van der Waals surface area contributed by atoms with Crippen LogP contribution in [0.4, 0.5) is 0 Å². The fraction of sp³-hybridized carbons (Fsp3) is 0.440. The van der Waals surface area contributed by atoms with Gasteiger partial charge in [0, 0.05) is 30.3 Å². The van der Waals surface area contributed by atoms with E-state index in [1.54, 1.807) is 6.07 Å². The summed E-state index contributed by atoms with van der Waals surface area (Å²) in [5.74, 6) is 0.829. The van der Waals surface area contributed by atoms with E-state index in [1.165, 1.54) is 5.56 Å². The van der Waals surface area contributed by atoms with Gasteiger partial charge in [0.1, 0.15) is 5.02 Å². The molecule has 1 saturated carbocycles. The van der Waals surface area contributed by atoms with Crippen LogP contribution in [-0.4, -0.2) is 28.9 Å². The van der Waals surface area contributed by atoms with Crippen LogP contribution in [0, 0.1) is 11.8 Å². The van der Waals surface area contributed by atoms with Crippen LogP contribution in [0.5, 0.6) is 0 Å². The molecule has 158 valence electrons. The molecule has 1 aliphatic carbocycles. The summed E-state index contributed by atoms with van der Waals surface area (Å²) in [6.45, 7) is 8.14. The number of carbonyl (C=O) groups excluding carboxylic acids is 1. The fourth-order valence-corrected chi connectivity index (χ4v) is 4.16. The molecule has 0 bridgehead atoms. The summed E-state index contributed by atoms with van der Waals surface area (Å²) in [5.41, 5.74) is 3.83. The Hall–Kier alpha value is -2.33. The minimum Gasteiger partial charge on any atom is -0.342 e. The van der Waals surface area contributed by atoms with Crippen LogP contribution in [0.1, 0.15) is 56.9 Å². The second-order valence-electron chi connectivity index (χ2n) is 9.56. The largest absolute Gasteiger partial charge is 0.342 e. The summed E-state index contributed by atoms with van der Waals surface area (Å²) in [4.78, 5) is 29.5. The second kappa shape index (κ2) is 8.07. The van der Waals surface area contributed by atoms with E-state index in [1.807, 2.05) is 11.0 Å². The topological polar surface area (TPSA) is 53.2 Å². The van der Waals surface area contributed by atoms with Gasteiger partial charge in [-0.3, -0.25) is 9.59 Å². The van der Waals surface area contributed by atoms with Crippen LogP contribution in [-0.2, 0) is 10.2 Å². The summed E-state index contributed by atoms with van der Waals surface area (Å²) < 4.78 is 0. The van der Waals surface area contributed by atoms with E-state index in [-0.39, 0.29) is 27.8 Å². The van der Waals surface area contributed by atoms with E-state index in [2.05, 4.69) is 56.1 Å². The Bertz CT molecular complexity index is 1030. The number of pyridine rings is 1. The van der Waals surface area contributed by atoms with Gasteiger partial charge in [0.25, 0.3) is 5.56 Å². The number of nitrogens with one attached hydrogen (secondary N) is 1. The maximum atomic E-state index is 12.4. The molecule has 1 saturated heterocycles. The number of H-pyrrole nitrogens is 1. The van der Waals surface area contributed by atoms with Gasteiger partial charge < -0.3 is 9.88 Å². The summed E-state index contributed by atoms with van der Waals surface area (Å²) >= 11 is 5.95. The molecule has 1 amide bonds. The molecule has 2 heterocycles. The molecule has 2 aliphatic rings. The molecule has 4 rings (SSSR count). The standard InChI is InChI=1S/C25H29ClN2O2/c1-25(2,3)19-8-6-17(7-9-19)20(22-11-10-21(26)23(29)27-22)14-16-12-13-28(15-16)24(30)18-4-5-18/h6-11,14,16,18H,4-5,12-13,15H2,1-3H3,(H,27,29)/b20-14+/t16-/m1/s1. The van der Waals surface area contributed by atoms with E-state index in [9.17, 15) is 9.59 Å². The Labute approximate surface area is 183 Å². The quantitative estimate of drug-likeness (QED) is 0.749. The van der Waals surface area contributed by atoms with Gasteiger partial charge in [-0.15, -0.1) is 0 Å². The van der Waals surface area contributed by atoms with Crippen LogP contribution in [0.3, 0.4) is 0 Å². The normalized spacial score (nSPS) is 19.9. The maximum Gasteiger partial charge on any atom is 0.267 e. The van der Waals surface area contributed by atoms with E-state index >= 15 is 0 Å². The van der Waals surface area contributed by atoms with Crippen molar-refractivity contribution in [3.05, 3.63) is 74.7 Å². The molecule has 0 radical (unpaired) electrons. The first kappa shape index (κ1) is 20.9. The van der Waals surface area contributed by atoms with Crippen molar-refractivity contribution in [2.24, 2.45) is 11.8 Å². The monoisotopic (exact) mass is 424 g/mol. The van der Waals surface area contributed by atoms with Crippen LogP contribution in [0.2, 0.25) is 5.02 Å². The van der Waals surface area contributed by atoms with Gasteiger partial charge in [0.2, 0.25) is 5.91 Å². The van der Waals surface area contributed by atoms with E-state index in [0.29, 0.717) is 5.91 Å². The molecule has 5 heteroatoms. The van der Waals surface area contributed by atoms with Crippen molar-refractivity contribution in [1.82, 2.24) is 9.88 Å². The van der Waals surface area contributed by atoms with Crippen molar-refractivity contribution in [2.75, 3.05) is 13.1 Å². The second-order valence-corrected chi connectivity index (χ2v) is 9.97. The van der Waals surface area contributed by atoms with Crippen molar-refractivity contribution >= 4 is 23.1 Å². The highest BCUT2D eigenvalue weighted by Crippen LogP contribution is 2.34. The number of hydrogen-bond donors (Lipinski definition) is 1. The first-order valence-corrected chi connectivity index (χ1v) is 11.1. The van der Waals surface area contributed by atoms with Crippen LogP contribution >= 0.6 is 11.6 Å². The first-order chi connectivity index (χ1) is 14.2. The van der Waals surface area contributed by atoms with Gasteiger partial charge in [-0.2, -0.15) is 0 Å². The van der Waals surface area contributed by atoms with E-state index in [4.69, 9.17) is 11.6 Å². The maximum absolute atomic E-state index is 12.4. The highest BCUT2D eigenvalue weighted by Gasteiger charge is 2.36. The molecule has 2 fully saturated rings. The lowest BCUT2D eigenvalue weighted by atomic mass is 9.85. The fourth-order valence-electron chi connectivity index (χ4n) is 4.05. The zero-order valence-corrected chi connectivity index (χ0v) is 18.6. The highest BCUT2D eigenvalue weighted by atomic mass is 35.5. The van der Waals surface area contributed by atoms with Crippen molar-refractivity contribution in [1.29, 1.82) is 0 Å². The lowest BCUT2D eigenvalue weighted by Gasteiger charge is -2.20. The number of hydrogen-bond acceptors (Lipinski definition) is 2. The number of likely N-dealkylation sites (tertiary alicyclic amines) is 1. The zero-order valence-electron chi connectivity index (χ0n) is 17.9. The van der Waals surface area contributed by atoms with Gasteiger partial charge in [-0.25, -0.2) is 0 Å². The minimum atomic E-state index is -0.289. The number of benzene rings is 1. The SMILES string of the molecule is CC(C)(C)c1ccc(/C(=C\[C@H]2CCN(C(=O)C3CC3)C2)c2ccc(Cl)c(=O)[nH]2)cc1. The van der Waals surface area contributed by atoms with Gasteiger partial charge in [-0.1, -0.05) is 62.7 Å². The predicted octanol–water partition coefficient (Wildman–Crippen LogP) is 5.02. The Morgan fingerprint density at radius 2 is 1.80 bits per heavy atom. The lowest BCUT2D eigenvalue weighted by Crippen LogP contribution is -2.29. The molecule has 1 aliphatic heterocycles. The van der Waals surface area contributed by atoms with Gasteiger partial charge in [-0.05, 0) is 53.9 Å². The van der Waals surface area contributed by atoms with E-state index < -0.39 is 0 Å². The molecule has 1 N–H and O–H groups in total. The minimum absolute atomic E-state index is 0.0755. The zero-order chi connectivity index (χ0) is 21.5. The van der Waals surface area contributed by atoms with Gasteiger partial charge >= 0.3 is 0 Å². The molecule has 1 aromatic heterocycles. The molecule has 4 nitrogen and oxygen atoms in total. The van der Waals surface area contributed by atoms with Gasteiger partial charge in [0.15, 0.2) is 0 Å². The van der Waals surface area contributed by atoms with Crippen molar-refractivity contribution < 1.29 is 4.79 Å². The molecule has 0 spiro atoms. The molecule has 0 unspecified atom stereocenters. The highest BCUT2D eigenvalue weighted by molar-refractivity contribution is 6.30. The first-order valence-electron chi connectivity index (χ1n) is 10.7.